The van der Waals surface area contributed by atoms with Crippen molar-refractivity contribution in [3.8, 4) is 0 Å². The molecule has 0 heterocycles. The Balaban J connectivity index is 2.25. The molecule has 1 saturated carbocycles. The smallest absolute Gasteiger partial charge is 0.307 e. The maximum Gasteiger partial charge on any atom is 0.307 e. The maximum absolute atomic E-state index is 11.6. The van der Waals surface area contributed by atoms with Crippen molar-refractivity contribution < 1.29 is 9.53 Å². The van der Waals surface area contributed by atoms with Gasteiger partial charge >= 0.3 is 5.97 Å². The predicted octanol–water partition coefficient (Wildman–Crippen LogP) is 2.18. The average Bonchev–Trinajstić information content (AvgIpc) is 2.72. The van der Waals surface area contributed by atoms with Crippen LogP contribution in [0.2, 0.25) is 0 Å². The summed E-state index contributed by atoms with van der Waals surface area (Å²) in [6.07, 6.45) is 5.57. The second-order valence-electron chi connectivity index (χ2n) is 6.84. The summed E-state index contributed by atoms with van der Waals surface area (Å²) in [5, 5.41) is 3.42. The van der Waals surface area contributed by atoms with E-state index < -0.39 is 0 Å². The Kier molecular flexibility index (Phi) is 5.81. The molecule has 1 fully saturated rings. The molecular weight excluding hydrogens is 240 g/mol. The number of rotatable bonds is 6. The fraction of sp³-hybridized carbons (Fsp3) is 0.933. The number of carbonyl (C=O) groups excluding carboxylic acids is 1. The van der Waals surface area contributed by atoms with Gasteiger partial charge in [0.2, 0.25) is 0 Å². The lowest BCUT2D eigenvalue weighted by molar-refractivity contribution is -0.154. The van der Waals surface area contributed by atoms with Crippen molar-refractivity contribution in [1.29, 1.82) is 0 Å². The van der Waals surface area contributed by atoms with Gasteiger partial charge in [0.15, 0.2) is 0 Å². The Labute approximate surface area is 117 Å². The van der Waals surface area contributed by atoms with Crippen molar-refractivity contribution >= 4 is 5.97 Å². The molecule has 1 aliphatic carbocycles. The van der Waals surface area contributed by atoms with E-state index >= 15 is 0 Å². The molecule has 19 heavy (non-hydrogen) atoms. The summed E-state index contributed by atoms with van der Waals surface area (Å²) in [6, 6.07) is 0. The van der Waals surface area contributed by atoms with Crippen LogP contribution in [0.1, 0.15) is 52.9 Å². The first-order chi connectivity index (χ1) is 8.75. The Morgan fingerprint density at radius 1 is 1.26 bits per heavy atom. The number of hydrogen-bond acceptors (Lipinski definition) is 4. The van der Waals surface area contributed by atoms with E-state index in [0.29, 0.717) is 13.0 Å². The first-order valence-corrected chi connectivity index (χ1v) is 7.35. The number of ether oxygens (including phenoxy) is 1. The lowest BCUT2D eigenvalue weighted by Crippen LogP contribution is -2.49. The number of likely N-dealkylation sites (N-methyl/N-ethyl adjacent to an activating group) is 1. The van der Waals surface area contributed by atoms with Gasteiger partial charge in [0.25, 0.3) is 0 Å². The van der Waals surface area contributed by atoms with E-state index in [2.05, 4.69) is 24.3 Å². The molecule has 0 atom stereocenters. The lowest BCUT2D eigenvalue weighted by Gasteiger charge is -2.36. The van der Waals surface area contributed by atoms with Crippen LogP contribution in [0, 0.1) is 0 Å². The molecule has 4 heteroatoms. The van der Waals surface area contributed by atoms with E-state index in [1.165, 1.54) is 25.7 Å². The summed E-state index contributed by atoms with van der Waals surface area (Å²) in [6.45, 7) is 7.36. The predicted molar refractivity (Wildman–Crippen MR) is 78.2 cm³/mol. The van der Waals surface area contributed by atoms with Crippen LogP contribution in [-0.2, 0) is 9.53 Å². The van der Waals surface area contributed by atoms with E-state index in [1.54, 1.807) is 0 Å². The molecule has 0 saturated heterocycles. The fourth-order valence-electron chi connectivity index (χ4n) is 2.72. The molecule has 0 aromatic rings. The summed E-state index contributed by atoms with van der Waals surface area (Å²) in [5.41, 5.74) is -0.0959. The van der Waals surface area contributed by atoms with Gasteiger partial charge in [0, 0.05) is 18.6 Å². The molecule has 0 aromatic carbocycles. The first-order valence-electron chi connectivity index (χ1n) is 7.35. The zero-order valence-corrected chi connectivity index (χ0v) is 13.2. The SMILES string of the molecule is CN(C)C1(CNCCC(=O)OC(C)(C)C)CCCC1. The molecule has 4 nitrogen and oxygen atoms in total. The van der Waals surface area contributed by atoms with Crippen LogP contribution in [0.3, 0.4) is 0 Å². The lowest BCUT2D eigenvalue weighted by atomic mass is 9.96. The molecule has 1 aliphatic rings. The summed E-state index contributed by atoms with van der Waals surface area (Å²) < 4.78 is 5.29. The standard InChI is InChI=1S/C15H30N2O2/c1-14(2,3)19-13(18)8-11-16-12-15(17(4)5)9-6-7-10-15/h16H,6-12H2,1-5H3. The van der Waals surface area contributed by atoms with Crippen molar-refractivity contribution in [1.82, 2.24) is 10.2 Å². The third-order valence-corrected chi connectivity index (χ3v) is 3.86. The molecular formula is C15H30N2O2. The van der Waals surface area contributed by atoms with Crippen LogP contribution in [0.15, 0.2) is 0 Å². The van der Waals surface area contributed by atoms with E-state index in [-0.39, 0.29) is 17.1 Å². The molecule has 0 aromatic heterocycles. The third-order valence-electron chi connectivity index (χ3n) is 3.86. The van der Waals surface area contributed by atoms with Crippen molar-refractivity contribution in [2.75, 3.05) is 27.2 Å². The van der Waals surface area contributed by atoms with Gasteiger partial charge in [-0.25, -0.2) is 0 Å². The zero-order valence-electron chi connectivity index (χ0n) is 13.2. The van der Waals surface area contributed by atoms with Gasteiger partial charge in [0.05, 0.1) is 6.42 Å². The molecule has 112 valence electrons. The largest absolute Gasteiger partial charge is 0.460 e. The van der Waals surface area contributed by atoms with Gasteiger partial charge in [-0.1, -0.05) is 12.8 Å². The second-order valence-corrected chi connectivity index (χ2v) is 6.84. The molecule has 0 radical (unpaired) electrons. The van der Waals surface area contributed by atoms with E-state index in [9.17, 15) is 4.79 Å². The molecule has 1 rings (SSSR count). The van der Waals surface area contributed by atoms with Crippen LogP contribution in [-0.4, -0.2) is 49.2 Å². The summed E-state index contributed by atoms with van der Waals surface area (Å²) in [7, 11) is 4.31. The number of carbonyl (C=O) groups is 1. The summed E-state index contributed by atoms with van der Waals surface area (Å²) in [5.74, 6) is -0.120. The Morgan fingerprint density at radius 3 is 2.32 bits per heavy atom. The maximum atomic E-state index is 11.6. The van der Waals surface area contributed by atoms with Gasteiger partial charge in [-0.15, -0.1) is 0 Å². The number of nitrogens with one attached hydrogen (secondary N) is 1. The van der Waals surface area contributed by atoms with Crippen molar-refractivity contribution in [2.45, 2.75) is 64.0 Å². The molecule has 0 spiro atoms. The fourth-order valence-corrected chi connectivity index (χ4v) is 2.72. The Hall–Kier alpha value is -0.610. The van der Waals surface area contributed by atoms with Gasteiger partial charge in [-0.05, 0) is 47.7 Å². The number of hydrogen-bond donors (Lipinski definition) is 1. The summed E-state index contributed by atoms with van der Waals surface area (Å²) in [4.78, 5) is 13.9. The minimum Gasteiger partial charge on any atom is -0.460 e. The van der Waals surface area contributed by atoms with Crippen molar-refractivity contribution in [2.24, 2.45) is 0 Å². The van der Waals surface area contributed by atoms with Gasteiger partial charge in [-0.3, -0.25) is 4.79 Å². The van der Waals surface area contributed by atoms with Crippen LogP contribution in [0.4, 0.5) is 0 Å². The van der Waals surface area contributed by atoms with E-state index in [0.717, 1.165) is 6.54 Å². The van der Waals surface area contributed by atoms with E-state index in [4.69, 9.17) is 4.74 Å². The Bertz CT molecular complexity index is 289. The van der Waals surface area contributed by atoms with Gasteiger partial charge in [-0.2, -0.15) is 0 Å². The van der Waals surface area contributed by atoms with Crippen molar-refractivity contribution in [3.05, 3.63) is 0 Å². The minimum absolute atomic E-state index is 0.120. The highest BCUT2D eigenvalue weighted by molar-refractivity contribution is 5.70. The number of esters is 1. The highest BCUT2D eigenvalue weighted by Crippen LogP contribution is 2.32. The second kappa shape index (κ2) is 6.71. The third kappa shape index (κ3) is 5.49. The van der Waals surface area contributed by atoms with Gasteiger partial charge < -0.3 is 15.0 Å². The molecule has 0 bridgehead atoms. The van der Waals surface area contributed by atoms with Gasteiger partial charge in [0.1, 0.15) is 5.60 Å². The Morgan fingerprint density at radius 2 is 1.84 bits per heavy atom. The number of nitrogens with zero attached hydrogens (tertiary/aromatic N) is 1. The summed E-state index contributed by atoms with van der Waals surface area (Å²) >= 11 is 0. The van der Waals surface area contributed by atoms with Crippen LogP contribution < -0.4 is 5.32 Å². The zero-order chi connectivity index (χ0) is 14.5. The molecule has 1 N–H and O–H groups in total. The van der Waals surface area contributed by atoms with Crippen molar-refractivity contribution in [3.63, 3.8) is 0 Å². The van der Waals surface area contributed by atoms with E-state index in [1.807, 2.05) is 20.8 Å². The first kappa shape index (κ1) is 16.4. The molecule has 0 aliphatic heterocycles. The van der Waals surface area contributed by atoms with Crippen LogP contribution in [0.25, 0.3) is 0 Å². The molecule has 0 amide bonds. The highest BCUT2D eigenvalue weighted by atomic mass is 16.6. The minimum atomic E-state index is -0.382. The average molecular weight is 270 g/mol. The van der Waals surface area contributed by atoms with Crippen LogP contribution >= 0.6 is 0 Å². The normalized spacial score (nSPS) is 18.8. The van der Waals surface area contributed by atoms with Crippen LogP contribution in [0.5, 0.6) is 0 Å². The monoisotopic (exact) mass is 270 g/mol. The molecule has 0 unspecified atom stereocenters. The quantitative estimate of drug-likeness (QED) is 0.593. The highest BCUT2D eigenvalue weighted by Gasteiger charge is 2.35. The topological polar surface area (TPSA) is 41.6 Å².